The van der Waals surface area contributed by atoms with Crippen molar-refractivity contribution >= 4 is 46.3 Å². The lowest BCUT2D eigenvalue weighted by Gasteiger charge is -2.09. The maximum atomic E-state index is 10.1. The molecule has 0 aliphatic carbocycles. The molecule has 0 saturated heterocycles. The Kier molecular flexibility index (Phi) is 5.55. The van der Waals surface area contributed by atoms with E-state index in [1.54, 1.807) is 13.2 Å². The van der Waals surface area contributed by atoms with Crippen molar-refractivity contribution < 1.29 is 14.6 Å². The van der Waals surface area contributed by atoms with E-state index in [4.69, 9.17) is 32.7 Å². The molecule has 0 radical (unpaired) electrons. The van der Waals surface area contributed by atoms with Gasteiger partial charge in [0.05, 0.1) is 29.5 Å². The van der Waals surface area contributed by atoms with Crippen molar-refractivity contribution in [2.75, 3.05) is 13.7 Å². The van der Waals surface area contributed by atoms with Crippen molar-refractivity contribution in [3.05, 3.63) is 57.7 Å². The van der Waals surface area contributed by atoms with Crippen molar-refractivity contribution in [2.24, 2.45) is 0 Å². The molecule has 3 rings (SSSR count). The number of aromatic hydroxyl groups is 1. The highest BCUT2D eigenvalue weighted by Gasteiger charge is 2.10. The fourth-order valence-corrected chi connectivity index (χ4v) is 3.07. The number of hydrogen-bond acceptors (Lipinski definition) is 4. The van der Waals surface area contributed by atoms with Gasteiger partial charge in [-0.2, -0.15) is 0 Å². The van der Waals surface area contributed by atoms with Crippen LogP contribution in [0.1, 0.15) is 18.2 Å². The zero-order valence-electron chi connectivity index (χ0n) is 14.3. The van der Waals surface area contributed by atoms with Gasteiger partial charge in [0.2, 0.25) is 0 Å². The summed E-state index contributed by atoms with van der Waals surface area (Å²) in [6, 6.07) is 10.8. The Hall–Kier alpha value is -2.43. The first kappa shape index (κ1) is 18.4. The van der Waals surface area contributed by atoms with Crippen LogP contribution < -0.4 is 9.47 Å². The second kappa shape index (κ2) is 7.85. The topological polar surface area (TPSA) is 51.6 Å². The molecule has 0 amide bonds. The van der Waals surface area contributed by atoms with Gasteiger partial charge in [-0.3, -0.25) is 0 Å². The lowest BCUT2D eigenvalue weighted by Crippen LogP contribution is -1.95. The first-order chi connectivity index (χ1) is 12.5. The summed E-state index contributed by atoms with van der Waals surface area (Å²) in [5, 5.41) is 11.4. The molecule has 4 nitrogen and oxygen atoms in total. The second-order valence-electron chi connectivity index (χ2n) is 5.50. The van der Waals surface area contributed by atoms with Crippen LogP contribution in [0, 0.1) is 0 Å². The molecule has 0 unspecified atom stereocenters. The van der Waals surface area contributed by atoms with Crippen LogP contribution in [0.3, 0.4) is 0 Å². The van der Waals surface area contributed by atoms with Crippen LogP contribution in [0.15, 0.2) is 36.4 Å². The molecule has 0 saturated carbocycles. The van der Waals surface area contributed by atoms with E-state index in [1.807, 2.05) is 43.3 Å². The van der Waals surface area contributed by atoms with Crippen LogP contribution in [0.2, 0.25) is 10.0 Å². The molecule has 6 heteroatoms. The van der Waals surface area contributed by atoms with E-state index in [2.05, 4.69) is 4.98 Å². The minimum absolute atomic E-state index is 0.0793. The molecule has 0 fully saturated rings. The Morgan fingerprint density at radius 2 is 1.85 bits per heavy atom. The first-order valence-electron chi connectivity index (χ1n) is 8.00. The zero-order valence-corrected chi connectivity index (χ0v) is 15.8. The number of methoxy groups -OCH3 is 1. The van der Waals surface area contributed by atoms with Crippen LogP contribution in [-0.4, -0.2) is 23.8 Å². The van der Waals surface area contributed by atoms with Gasteiger partial charge in [-0.25, -0.2) is 4.98 Å². The number of phenols is 1. The molecule has 3 aromatic rings. The van der Waals surface area contributed by atoms with Crippen molar-refractivity contribution in [3.63, 3.8) is 0 Å². The Morgan fingerprint density at radius 3 is 2.58 bits per heavy atom. The summed E-state index contributed by atoms with van der Waals surface area (Å²) in [4.78, 5) is 4.44. The minimum atomic E-state index is -0.0793. The third-order valence-electron chi connectivity index (χ3n) is 3.81. The number of halogens is 2. The Morgan fingerprint density at radius 1 is 1.04 bits per heavy atom. The number of ether oxygens (including phenoxy) is 2. The lowest BCUT2D eigenvalue weighted by atomic mass is 10.1. The van der Waals surface area contributed by atoms with Crippen molar-refractivity contribution in [2.45, 2.75) is 6.92 Å². The average molecular weight is 390 g/mol. The van der Waals surface area contributed by atoms with E-state index < -0.39 is 0 Å². The highest BCUT2D eigenvalue weighted by molar-refractivity contribution is 6.39. The minimum Gasteiger partial charge on any atom is -0.504 e. The molecule has 1 aromatic heterocycles. The Bertz CT molecular complexity index is 986. The fourth-order valence-electron chi connectivity index (χ4n) is 2.56. The summed E-state index contributed by atoms with van der Waals surface area (Å²) in [5.74, 6) is 1.28. The summed E-state index contributed by atoms with van der Waals surface area (Å²) < 4.78 is 10.9. The van der Waals surface area contributed by atoms with Crippen molar-refractivity contribution in [1.29, 1.82) is 0 Å². The third kappa shape index (κ3) is 3.71. The SMILES string of the molecule is CCOc1cc(C=Cc2ccc3c(Cl)cc(Cl)c(O)c3n2)ccc1OC. The quantitative estimate of drug-likeness (QED) is 0.596. The molecule has 134 valence electrons. The standard InChI is InChI=1S/C20H17Cl2NO3/c1-3-26-18-10-12(5-9-17(18)25-2)4-6-13-7-8-14-15(21)11-16(22)20(24)19(14)23-13/h4-11,24H,3H2,1-2H3. The molecular weight excluding hydrogens is 373 g/mol. The summed E-state index contributed by atoms with van der Waals surface area (Å²) in [6.07, 6.45) is 3.74. The van der Waals surface area contributed by atoms with Gasteiger partial charge in [0.1, 0.15) is 5.52 Å². The van der Waals surface area contributed by atoms with Gasteiger partial charge in [0.25, 0.3) is 0 Å². The molecule has 26 heavy (non-hydrogen) atoms. The van der Waals surface area contributed by atoms with Gasteiger partial charge < -0.3 is 14.6 Å². The number of phenolic OH excluding ortho intramolecular Hbond substituents is 1. The average Bonchev–Trinajstić information content (AvgIpc) is 2.65. The number of fused-ring (bicyclic) bond motifs is 1. The number of pyridine rings is 1. The van der Waals surface area contributed by atoms with E-state index in [1.165, 1.54) is 6.07 Å². The largest absolute Gasteiger partial charge is 0.504 e. The van der Waals surface area contributed by atoms with E-state index >= 15 is 0 Å². The second-order valence-corrected chi connectivity index (χ2v) is 6.31. The highest BCUT2D eigenvalue weighted by atomic mass is 35.5. The smallest absolute Gasteiger partial charge is 0.161 e. The number of hydrogen-bond donors (Lipinski definition) is 1. The molecule has 0 bridgehead atoms. The molecule has 1 N–H and O–H groups in total. The maximum Gasteiger partial charge on any atom is 0.161 e. The van der Waals surface area contributed by atoms with E-state index in [-0.39, 0.29) is 10.8 Å². The van der Waals surface area contributed by atoms with Crippen molar-refractivity contribution in [1.82, 2.24) is 4.98 Å². The molecular formula is C20H17Cl2NO3. The molecule has 0 atom stereocenters. The van der Waals surface area contributed by atoms with Gasteiger partial charge >= 0.3 is 0 Å². The predicted molar refractivity (Wildman–Crippen MR) is 107 cm³/mol. The summed E-state index contributed by atoms with van der Waals surface area (Å²) >= 11 is 12.1. The molecule has 2 aromatic carbocycles. The fraction of sp³-hybridized carbons (Fsp3) is 0.150. The first-order valence-corrected chi connectivity index (χ1v) is 8.75. The summed E-state index contributed by atoms with van der Waals surface area (Å²) in [5.41, 5.74) is 1.97. The Labute approximate surface area is 161 Å². The number of benzene rings is 2. The van der Waals surface area contributed by atoms with Crippen LogP contribution in [0.4, 0.5) is 0 Å². The van der Waals surface area contributed by atoms with Crippen molar-refractivity contribution in [3.8, 4) is 17.2 Å². The zero-order chi connectivity index (χ0) is 18.7. The Balaban J connectivity index is 1.96. The van der Waals surface area contributed by atoms with Gasteiger partial charge in [0.15, 0.2) is 17.2 Å². The maximum absolute atomic E-state index is 10.1. The van der Waals surface area contributed by atoms with Gasteiger partial charge in [0, 0.05) is 5.39 Å². The van der Waals surface area contributed by atoms with Crippen LogP contribution in [-0.2, 0) is 0 Å². The summed E-state index contributed by atoms with van der Waals surface area (Å²) in [7, 11) is 1.61. The molecule has 0 spiro atoms. The van der Waals surface area contributed by atoms with Crippen LogP contribution >= 0.6 is 23.2 Å². The van der Waals surface area contributed by atoms with E-state index in [9.17, 15) is 5.11 Å². The van der Waals surface area contributed by atoms with Gasteiger partial charge in [-0.15, -0.1) is 0 Å². The van der Waals surface area contributed by atoms with Crippen LogP contribution in [0.5, 0.6) is 17.2 Å². The lowest BCUT2D eigenvalue weighted by molar-refractivity contribution is 0.311. The number of aromatic nitrogens is 1. The summed E-state index contributed by atoms with van der Waals surface area (Å²) in [6.45, 7) is 2.47. The normalized spacial score (nSPS) is 11.2. The number of nitrogens with zero attached hydrogens (tertiary/aromatic N) is 1. The monoisotopic (exact) mass is 389 g/mol. The van der Waals surface area contributed by atoms with Crippen LogP contribution in [0.25, 0.3) is 23.1 Å². The third-order valence-corrected chi connectivity index (χ3v) is 4.41. The molecule has 0 aliphatic heterocycles. The highest BCUT2D eigenvalue weighted by Crippen LogP contribution is 2.36. The predicted octanol–water partition coefficient (Wildman–Crippen LogP) is 5.82. The van der Waals surface area contributed by atoms with Gasteiger partial charge in [-0.05, 0) is 48.9 Å². The van der Waals surface area contributed by atoms with E-state index in [0.717, 1.165) is 5.56 Å². The molecule has 1 heterocycles. The number of rotatable bonds is 5. The van der Waals surface area contributed by atoms with Gasteiger partial charge in [-0.1, -0.05) is 35.3 Å². The van der Waals surface area contributed by atoms with E-state index in [0.29, 0.717) is 39.7 Å². The molecule has 0 aliphatic rings.